The number of sulfonamides is 1. The van der Waals surface area contributed by atoms with Crippen molar-refractivity contribution < 1.29 is 18.0 Å². The SMILES string of the molecule is Cc1ccc(S(=O)(=O)N(C)CC(=O)N(Cc2ccccc2Cl)[C@H](C)C(=O)NC(C)(C)C)cc1. The van der Waals surface area contributed by atoms with Crippen LogP contribution in [-0.2, 0) is 26.2 Å². The molecule has 0 aliphatic carbocycles. The Labute approximate surface area is 201 Å². The van der Waals surface area contributed by atoms with E-state index in [2.05, 4.69) is 5.32 Å². The summed E-state index contributed by atoms with van der Waals surface area (Å²) in [6.07, 6.45) is 0. The highest BCUT2D eigenvalue weighted by molar-refractivity contribution is 7.89. The normalized spacial score (nSPS) is 13.0. The number of carbonyl (C=O) groups is 2. The second kappa shape index (κ2) is 10.7. The van der Waals surface area contributed by atoms with Crippen LogP contribution in [0.3, 0.4) is 0 Å². The Kier molecular flexibility index (Phi) is 8.68. The summed E-state index contributed by atoms with van der Waals surface area (Å²) in [6.45, 7) is 8.66. The van der Waals surface area contributed by atoms with Gasteiger partial charge in [-0.05, 0) is 58.4 Å². The van der Waals surface area contributed by atoms with Gasteiger partial charge in [0.15, 0.2) is 0 Å². The maximum Gasteiger partial charge on any atom is 0.243 e. The number of carbonyl (C=O) groups excluding carboxylic acids is 2. The standard InChI is InChI=1S/C24H32ClN3O4S/c1-17-11-13-20(14-12-17)33(31,32)27(6)16-22(29)28(15-19-9-7-8-10-21(19)25)18(2)23(30)26-24(3,4)5/h7-14,18H,15-16H2,1-6H3,(H,26,30)/t18-/m1/s1. The molecule has 0 spiro atoms. The Morgan fingerprint density at radius 3 is 2.18 bits per heavy atom. The molecule has 0 heterocycles. The Balaban J connectivity index is 2.31. The average molecular weight is 494 g/mol. The number of likely N-dealkylation sites (N-methyl/N-ethyl adjacent to an activating group) is 1. The summed E-state index contributed by atoms with van der Waals surface area (Å²) in [7, 11) is -2.53. The van der Waals surface area contributed by atoms with E-state index in [1.165, 1.54) is 24.1 Å². The summed E-state index contributed by atoms with van der Waals surface area (Å²) < 4.78 is 26.9. The fourth-order valence-electron chi connectivity index (χ4n) is 3.12. The average Bonchev–Trinajstić information content (AvgIpc) is 2.71. The first-order valence-corrected chi connectivity index (χ1v) is 12.4. The van der Waals surface area contributed by atoms with Gasteiger partial charge in [0, 0.05) is 24.2 Å². The minimum absolute atomic E-state index is 0.0651. The molecule has 1 N–H and O–H groups in total. The zero-order valence-corrected chi connectivity index (χ0v) is 21.5. The number of hydrogen-bond donors (Lipinski definition) is 1. The van der Waals surface area contributed by atoms with E-state index in [1.54, 1.807) is 43.3 Å². The molecule has 0 aliphatic rings. The largest absolute Gasteiger partial charge is 0.350 e. The number of amides is 2. The first kappa shape index (κ1) is 26.8. The Morgan fingerprint density at radius 1 is 1.06 bits per heavy atom. The smallest absolute Gasteiger partial charge is 0.243 e. The van der Waals surface area contributed by atoms with Crippen molar-refractivity contribution in [2.45, 2.75) is 57.6 Å². The van der Waals surface area contributed by atoms with Crippen LogP contribution in [0.15, 0.2) is 53.4 Å². The fraction of sp³-hybridized carbons (Fsp3) is 0.417. The molecular formula is C24H32ClN3O4S. The van der Waals surface area contributed by atoms with Crippen molar-refractivity contribution in [2.75, 3.05) is 13.6 Å². The van der Waals surface area contributed by atoms with Crippen molar-refractivity contribution in [2.24, 2.45) is 0 Å². The molecule has 9 heteroatoms. The van der Waals surface area contributed by atoms with Gasteiger partial charge in [-0.3, -0.25) is 9.59 Å². The van der Waals surface area contributed by atoms with E-state index in [0.717, 1.165) is 9.87 Å². The molecule has 33 heavy (non-hydrogen) atoms. The molecule has 180 valence electrons. The lowest BCUT2D eigenvalue weighted by Gasteiger charge is -2.32. The quantitative estimate of drug-likeness (QED) is 0.608. The monoisotopic (exact) mass is 493 g/mol. The van der Waals surface area contributed by atoms with Gasteiger partial charge in [0.2, 0.25) is 21.8 Å². The summed E-state index contributed by atoms with van der Waals surface area (Å²) in [4.78, 5) is 27.6. The van der Waals surface area contributed by atoms with Crippen molar-refractivity contribution >= 4 is 33.4 Å². The van der Waals surface area contributed by atoms with Crippen LogP contribution in [0.1, 0.15) is 38.8 Å². The summed E-state index contributed by atoms with van der Waals surface area (Å²) in [5, 5.41) is 3.33. The van der Waals surface area contributed by atoms with Gasteiger partial charge >= 0.3 is 0 Å². The van der Waals surface area contributed by atoms with Gasteiger partial charge in [0.1, 0.15) is 6.04 Å². The number of rotatable bonds is 8. The Bertz CT molecular complexity index is 1100. The van der Waals surface area contributed by atoms with Gasteiger partial charge in [0.25, 0.3) is 0 Å². The van der Waals surface area contributed by atoms with Gasteiger partial charge < -0.3 is 10.2 Å². The van der Waals surface area contributed by atoms with Crippen LogP contribution in [0.2, 0.25) is 5.02 Å². The molecular weight excluding hydrogens is 462 g/mol. The zero-order valence-electron chi connectivity index (χ0n) is 19.9. The predicted molar refractivity (Wildman–Crippen MR) is 130 cm³/mol. The van der Waals surface area contributed by atoms with Crippen molar-refractivity contribution in [3.8, 4) is 0 Å². The van der Waals surface area contributed by atoms with Crippen LogP contribution in [0.25, 0.3) is 0 Å². The summed E-state index contributed by atoms with van der Waals surface area (Å²) in [6, 6.07) is 12.6. The maximum atomic E-state index is 13.3. The lowest BCUT2D eigenvalue weighted by molar-refractivity contribution is -0.141. The van der Waals surface area contributed by atoms with E-state index < -0.39 is 34.1 Å². The first-order chi connectivity index (χ1) is 15.2. The summed E-state index contributed by atoms with van der Waals surface area (Å²) in [5.41, 5.74) is 1.10. The maximum absolute atomic E-state index is 13.3. The molecule has 2 aromatic rings. The second-order valence-corrected chi connectivity index (χ2v) is 11.6. The van der Waals surface area contributed by atoms with Crippen molar-refractivity contribution in [3.05, 3.63) is 64.7 Å². The molecule has 0 aliphatic heterocycles. The molecule has 0 fully saturated rings. The molecule has 1 atom stereocenters. The minimum atomic E-state index is -3.88. The minimum Gasteiger partial charge on any atom is -0.350 e. The lowest BCUT2D eigenvalue weighted by atomic mass is 10.1. The number of halogens is 1. The molecule has 2 aromatic carbocycles. The molecule has 0 saturated heterocycles. The Hall–Kier alpha value is -2.42. The van der Waals surface area contributed by atoms with Crippen molar-refractivity contribution in [1.82, 2.24) is 14.5 Å². The van der Waals surface area contributed by atoms with Gasteiger partial charge in [-0.2, -0.15) is 4.31 Å². The van der Waals surface area contributed by atoms with Crippen LogP contribution in [0.5, 0.6) is 0 Å². The van der Waals surface area contributed by atoms with Crippen LogP contribution < -0.4 is 5.32 Å². The third kappa shape index (κ3) is 7.28. The molecule has 7 nitrogen and oxygen atoms in total. The van der Waals surface area contributed by atoms with E-state index in [1.807, 2.05) is 27.7 Å². The van der Waals surface area contributed by atoms with E-state index in [4.69, 9.17) is 11.6 Å². The second-order valence-electron chi connectivity index (χ2n) is 9.10. The van der Waals surface area contributed by atoms with E-state index in [0.29, 0.717) is 10.6 Å². The van der Waals surface area contributed by atoms with Crippen LogP contribution in [-0.4, -0.2) is 54.6 Å². The van der Waals surface area contributed by atoms with Crippen LogP contribution >= 0.6 is 11.6 Å². The molecule has 0 radical (unpaired) electrons. The number of hydrogen-bond acceptors (Lipinski definition) is 4. The third-order valence-corrected chi connectivity index (χ3v) is 7.24. The van der Waals surface area contributed by atoms with Crippen molar-refractivity contribution in [3.63, 3.8) is 0 Å². The van der Waals surface area contributed by atoms with Crippen LogP contribution in [0, 0.1) is 6.92 Å². The molecule has 0 unspecified atom stereocenters. The van der Waals surface area contributed by atoms with Gasteiger partial charge in [-0.15, -0.1) is 0 Å². The predicted octanol–water partition coefficient (Wildman–Crippen LogP) is 3.60. The van der Waals surface area contributed by atoms with E-state index in [9.17, 15) is 18.0 Å². The topological polar surface area (TPSA) is 86.8 Å². The summed E-state index contributed by atoms with van der Waals surface area (Å²) in [5.74, 6) is -0.850. The highest BCUT2D eigenvalue weighted by Crippen LogP contribution is 2.20. The Morgan fingerprint density at radius 2 is 1.64 bits per heavy atom. The number of nitrogens with zero attached hydrogens (tertiary/aromatic N) is 2. The number of nitrogens with one attached hydrogen (secondary N) is 1. The third-order valence-electron chi connectivity index (χ3n) is 5.05. The van der Waals surface area contributed by atoms with Gasteiger partial charge in [-0.25, -0.2) is 8.42 Å². The first-order valence-electron chi connectivity index (χ1n) is 10.6. The van der Waals surface area contributed by atoms with E-state index >= 15 is 0 Å². The van der Waals surface area contributed by atoms with Crippen LogP contribution in [0.4, 0.5) is 0 Å². The molecule has 2 amide bonds. The van der Waals surface area contributed by atoms with Gasteiger partial charge in [-0.1, -0.05) is 47.5 Å². The van der Waals surface area contributed by atoms with E-state index in [-0.39, 0.29) is 17.3 Å². The number of aryl methyl sites for hydroxylation is 1. The summed E-state index contributed by atoms with van der Waals surface area (Å²) >= 11 is 6.29. The molecule has 0 bridgehead atoms. The zero-order chi connectivity index (χ0) is 25.0. The molecule has 2 rings (SSSR count). The lowest BCUT2D eigenvalue weighted by Crippen LogP contribution is -2.54. The molecule has 0 aromatic heterocycles. The molecule has 0 saturated carbocycles. The van der Waals surface area contributed by atoms with Crippen molar-refractivity contribution in [1.29, 1.82) is 0 Å². The fourth-order valence-corrected chi connectivity index (χ4v) is 4.44. The highest BCUT2D eigenvalue weighted by atomic mass is 35.5. The number of benzene rings is 2. The highest BCUT2D eigenvalue weighted by Gasteiger charge is 2.31. The van der Waals surface area contributed by atoms with Gasteiger partial charge in [0.05, 0.1) is 11.4 Å².